The SMILES string of the molecule is Cc1csc(NN=Cc2ccc(OCc3nc(-c4ccccc4Cl)oc3C)cc2)n1. The van der Waals surface area contributed by atoms with Gasteiger partial charge in [0.05, 0.1) is 22.5 Å². The fraction of sp³-hybridized carbons (Fsp3) is 0.136. The quantitative estimate of drug-likeness (QED) is 0.279. The van der Waals surface area contributed by atoms with Crippen LogP contribution in [0.4, 0.5) is 5.13 Å². The lowest BCUT2D eigenvalue weighted by atomic mass is 10.2. The van der Waals surface area contributed by atoms with Gasteiger partial charge in [-0.25, -0.2) is 9.97 Å². The Morgan fingerprint density at radius 1 is 1.13 bits per heavy atom. The topological polar surface area (TPSA) is 72.5 Å². The van der Waals surface area contributed by atoms with E-state index in [9.17, 15) is 0 Å². The maximum atomic E-state index is 6.23. The summed E-state index contributed by atoms with van der Waals surface area (Å²) in [5.41, 5.74) is 6.33. The van der Waals surface area contributed by atoms with Crippen LogP contribution in [0.1, 0.15) is 22.7 Å². The van der Waals surface area contributed by atoms with Crippen LogP contribution in [-0.4, -0.2) is 16.2 Å². The molecule has 1 N–H and O–H groups in total. The summed E-state index contributed by atoms with van der Waals surface area (Å²) in [4.78, 5) is 8.83. The van der Waals surface area contributed by atoms with Gasteiger partial charge in [0.15, 0.2) is 0 Å². The fourth-order valence-electron chi connectivity index (χ4n) is 2.68. The molecule has 0 saturated heterocycles. The van der Waals surface area contributed by atoms with Crippen LogP contribution in [-0.2, 0) is 6.61 Å². The van der Waals surface area contributed by atoms with Gasteiger partial charge in [-0.1, -0.05) is 23.7 Å². The lowest BCUT2D eigenvalue weighted by Gasteiger charge is -2.04. The number of hydrogen-bond acceptors (Lipinski definition) is 7. The van der Waals surface area contributed by atoms with Gasteiger partial charge in [0.25, 0.3) is 0 Å². The van der Waals surface area contributed by atoms with Crippen LogP contribution < -0.4 is 10.2 Å². The Kier molecular flexibility index (Phi) is 6.11. The number of thiazole rings is 1. The molecule has 2 aromatic heterocycles. The Hall–Kier alpha value is -3.16. The monoisotopic (exact) mass is 438 g/mol. The molecule has 4 rings (SSSR count). The molecule has 0 bridgehead atoms. The number of nitrogens with one attached hydrogen (secondary N) is 1. The number of aryl methyl sites for hydroxylation is 2. The number of oxazole rings is 1. The first-order valence-electron chi connectivity index (χ1n) is 9.24. The van der Waals surface area contributed by atoms with E-state index in [0.29, 0.717) is 23.3 Å². The van der Waals surface area contributed by atoms with Crippen molar-refractivity contribution in [2.75, 3.05) is 5.43 Å². The summed E-state index contributed by atoms with van der Waals surface area (Å²) in [6.07, 6.45) is 1.73. The minimum Gasteiger partial charge on any atom is -0.487 e. The van der Waals surface area contributed by atoms with Crippen LogP contribution in [0.25, 0.3) is 11.5 Å². The summed E-state index contributed by atoms with van der Waals surface area (Å²) in [6, 6.07) is 15.1. The second-order valence-corrected chi connectivity index (χ2v) is 7.79. The number of nitrogens with zero attached hydrogens (tertiary/aromatic N) is 3. The molecular formula is C22H19ClN4O2S. The predicted octanol–water partition coefficient (Wildman–Crippen LogP) is 6.09. The van der Waals surface area contributed by atoms with Gasteiger partial charge >= 0.3 is 0 Å². The highest BCUT2D eigenvalue weighted by atomic mass is 35.5. The zero-order chi connectivity index (χ0) is 20.9. The third-order valence-electron chi connectivity index (χ3n) is 4.25. The average Bonchev–Trinajstić information content (AvgIpc) is 3.33. The van der Waals surface area contributed by atoms with Gasteiger partial charge in [0, 0.05) is 5.38 Å². The molecule has 152 valence electrons. The zero-order valence-electron chi connectivity index (χ0n) is 16.4. The van der Waals surface area contributed by atoms with Crippen molar-refractivity contribution >= 4 is 34.3 Å². The molecule has 0 aliphatic carbocycles. The number of ether oxygens (including phenoxy) is 1. The first-order chi connectivity index (χ1) is 14.6. The zero-order valence-corrected chi connectivity index (χ0v) is 18.0. The summed E-state index contributed by atoms with van der Waals surface area (Å²) in [5.74, 6) is 1.93. The summed E-state index contributed by atoms with van der Waals surface area (Å²) in [6.45, 7) is 4.11. The van der Waals surface area contributed by atoms with Gasteiger partial charge in [-0.3, -0.25) is 5.43 Å². The smallest absolute Gasteiger partial charge is 0.228 e. The van der Waals surface area contributed by atoms with E-state index in [-0.39, 0.29) is 0 Å². The largest absolute Gasteiger partial charge is 0.487 e. The minimum atomic E-state index is 0.304. The standard InChI is InChI=1S/C22H19ClN4O2S/c1-14-13-30-22(25-14)27-24-11-16-7-9-17(10-8-16)28-12-20-15(2)29-21(26-20)18-5-3-4-6-19(18)23/h3-11,13H,12H2,1-2H3,(H,25,27). The molecule has 0 aliphatic rings. The number of hydrazone groups is 1. The van der Waals surface area contributed by atoms with Gasteiger partial charge in [-0.2, -0.15) is 5.10 Å². The summed E-state index contributed by atoms with van der Waals surface area (Å²) in [7, 11) is 0. The highest BCUT2D eigenvalue weighted by molar-refractivity contribution is 7.13. The van der Waals surface area contributed by atoms with Crippen molar-refractivity contribution in [3.05, 3.63) is 81.6 Å². The fourth-order valence-corrected chi connectivity index (χ4v) is 3.53. The molecule has 0 radical (unpaired) electrons. The van der Waals surface area contributed by atoms with Crippen LogP contribution >= 0.6 is 22.9 Å². The first-order valence-corrected chi connectivity index (χ1v) is 10.5. The van der Waals surface area contributed by atoms with Crippen molar-refractivity contribution in [2.24, 2.45) is 5.10 Å². The number of aromatic nitrogens is 2. The molecule has 0 aliphatic heterocycles. The molecule has 0 fully saturated rings. The van der Waals surface area contributed by atoms with Gasteiger partial charge in [-0.15, -0.1) is 11.3 Å². The van der Waals surface area contributed by atoms with Gasteiger partial charge in [0.2, 0.25) is 11.0 Å². The molecule has 0 atom stereocenters. The van der Waals surface area contributed by atoms with Crippen LogP contribution in [0.15, 0.2) is 63.4 Å². The lowest BCUT2D eigenvalue weighted by molar-refractivity contribution is 0.299. The van der Waals surface area contributed by atoms with E-state index >= 15 is 0 Å². The highest BCUT2D eigenvalue weighted by Crippen LogP contribution is 2.28. The number of hydrogen-bond donors (Lipinski definition) is 1. The Labute approximate surface area is 183 Å². The molecule has 0 amide bonds. The van der Waals surface area contributed by atoms with E-state index in [1.54, 1.807) is 6.21 Å². The molecule has 30 heavy (non-hydrogen) atoms. The Morgan fingerprint density at radius 3 is 2.67 bits per heavy atom. The van der Waals surface area contributed by atoms with Crippen molar-refractivity contribution < 1.29 is 9.15 Å². The number of rotatable bonds is 7. The molecule has 0 spiro atoms. The summed E-state index contributed by atoms with van der Waals surface area (Å²) < 4.78 is 11.6. The van der Waals surface area contributed by atoms with Crippen molar-refractivity contribution in [2.45, 2.75) is 20.5 Å². The minimum absolute atomic E-state index is 0.304. The molecule has 0 unspecified atom stereocenters. The third kappa shape index (κ3) is 4.87. The molecule has 4 aromatic rings. The Balaban J connectivity index is 1.36. The third-order valence-corrected chi connectivity index (χ3v) is 5.44. The Bertz CT molecular complexity index is 1170. The summed E-state index contributed by atoms with van der Waals surface area (Å²) in [5, 5.41) is 7.53. The Morgan fingerprint density at radius 2 is 1.93 bits per heavy atom. The molecule has 8 heteroatoms. The first kappa shape index (κ1) is 20.1. The van der Waals surface area contributed by atoms with Crippen molar-refractivity contribution in [1.82, 2.24) is 9.97 Å². The van der Waals surface area contributed by atoms with Gasteiger partial charge < -0.3 is 9.15 Å². The van der Waals surface area contributed by atoms with Crippen molar-refractivity contribution in [1.29, 1.82) is 0 Å². The maximum Gasteiger partial charge on any atom is 0.228 e. The van der Waals surface area contributed by atoms with Gasteiger partial charge in [-0.05, 0) is 55.8 Å². The van der Waals surface area contributed by atoms with Crippen molar-refractivity contribution in [3.8, 4) is 17.2 Å². The van der Waals surface area contributed by atoms with Crippen LogP contribution in [0.2, 0.25) is 5.02 Å². The van der Waals surface area contributed by atoms with Crippen LogP contribution in [0.5, 0.6) is 5.75 Å². The number of benzene rings is 2. The van der Waals surface area contributed by atoms with Crippen molar-refractivity contribution in [3.63, 3.8) is 0 Å². The molecular weight excluding hydrogens is 420 g/mol. The average molecular weight is 439 g/mol. The van der Waals surface area contributed by atoms with Crippen LogP contribution in [0, 0.1) is 13.8 Å². The summed E-state index contributed by atoms with van der Waals surface area (Å²) >= 11 is 7.75. The molecule has 6 nitrogen and oxygen atoms in total. The predicted molar refractivity (Wildman–Crippen MR) is 121 cm³/mol. The molecule has 2 aromatic carbocycles. The second-order valence-electron chi connectivity index (χ2n) is 6.52. The van der Waals surface area contributed by atoms with E-state index in [0.717, 1.165) is 33.4 Å². The van der Waals surface area contributed by atoms with Crippen LogP contribution in [0.3, 0.4) is 0 Å². The van der Waals surface area contributed by atoms with Gasteiger partial charge in [0.1, 0.15) is 23.8 Å². The second kappa shape index (κ2) is 9.11. The van der Waals surface area contributed by atoms with E-state index < -0.39 is 0 Å². The molecule has 2 heterocycles. The maximum absolute atomic E-state index is 6.23. The normalized spacial score (nSPS) is 11.2. The number of anilines is 1. The molecule has 0 saturated carbocycles. The van der Waals surface area contributed by atoms with E-state index in [1.165, 1.54) is 11.3 Å². The highest BCUT2D eigenvalue weighted by Gasteiger charge is 2.14. The lowest BCUT2D eigenvalue weighted by Crippen LogP contribution is -1.98. The number of halogens is 1. The van der Waals surface area contributed by atoms with E-state index in [4.69, 9.17) is 20.8 Å². The van der Waals surface area contributed by atoms with E-state index in [1.807, 2.05) is 67.8 Å². The van der Waals surface area contributed by atoms with E-state index in [2.05, 4.69) is 20.5 Å².